The highest BCUT2D eigenvalue weighted by molar-refractivity contribution is 6.30. The molecule has 0 fully saturated rings. The molecule has 0 spiro atoms. The Bertz CT molecular complexity index is 624. The van der Waals surface area contributed by atoms with E-state index in [9.17, 15) is 9.18 Å². The number of hydrogen-bond donors (Lipinski definition) is 1. The zero-order chi connectivity index (χ0) is 14.0. The molecular formula is C13H11ClFNO3. The van der Waals surface area contributed by atoms with Gasteiger partial charge in [-0.3, -0.25) is 0 Å². The Morgan fingerprint density at radius 1 is 1.53 bits per heavy atom. The quantitative estimate of drug-likeness (QED) is 0.927. The molecular weight excluding hydrogens is 273 g/mol. The maximum atomic E-state index is 13.7. The summed E-state index contributed by atoms with van der Waals surface area (Å²) >= 11 is 5.66. The van der Waals surface area contributed by atoms with Gasteiger partial charge >= 0.3 is 5.97 Å². The molecule has 4 nitrogen and oxygen atoms in total. The average molecular weight is 284 g/mol. The van der Waals surface area contributed by atoms with E-state index in [0.29, 0.717) is 12.1 Å². The second kappa shape index (κ2) is 5.40. The molecule has 0 aliphatic heterocycles. The van der Waals surface area contributed by atoms with Crippen LogP contribution in [0.25, 0.3) is 11.5 Å². The van der Waals surface area contributed by atoms with Gasteiger partial charge in [-0.25, -0.2) is 14.2 Å². The summed E-state index contributed by atoms with van der Waals surface area (Å²) in [7, 11) is 0. The highest BCUT2D eigenvalue weighted by Gasteiger charge is 2.21. The highest BCUT2D eigenvalue weighted by atomic mass is 35.5. The van der Waals surface area contributed by atoms with Crippen molar-refractivity contribution in [1.82, 2.24) is 4.98 Å². The lowest BCUT2D eigenvalue weighted by atomic mass is 10.2. The topological polar surface area (TPSA) is 63.3 Å². The molecule has 0 saturated heterocycles. The Morgan fingerprint density at radius 2 is 2.26 bits per heavy atom. The van der Waals surface area contributed by atoms with Gasteiger partial charge in [-0.15, -0.1) is 0 Å². The van der Waals surface area contributed by atoms with Crippen molar-refractivity contribution in [3.05, 3.63) is 40.5 Å². The summed E-state index contributed by atoms with van der Waals surface area (Å²) in [4.78, 5) is 15.1. The molecule has 0 unspecified atom stereocenters. The number of carboxylic acids is 1. The number of rotatable bonds is 4. The minimum atomic E-state index is -1.21. The van der Waals surface area contributed by atoms with E-state index in [-0.39, 0.29) is 22.2 Å². The molecule has 2 aromatic rings. The van der Waals surface area contributed by atoms with Gasteiger partial charge in [0.1, 0.15) is 5.82 Å². The van der Waals surface area contributed by atoms with Crippen molar-refractivity contribution in [1.29, 1.82) is 0 Å². The number of aromatic nitrogens is 1. The molecule has 0 amide bonds. The molecule has 2 rings (SSSR count). The van der Waals surface area contributed by atoms with E-state index < -0.39 is 11.8 Å². The van der Waals surface area contributed by atoms with Crippen molar-refractivity contribution in [2.24, 2.45) is 0 Å². The van der Waals surface area contributed by atoms with E-state index in [4.69, 9.17) is 21.1 Å². The van der Waals surface area contributed by atoms with E-state index in [2.05, 4.69) is 4.98 Å². The Balaban J connectivity index is 2.50. The monoisotopic (exact) mass is 283 g/mol. The van der Waals surface area contributed by atoms with Gasteiger partial charge < -0.3 is 9.52 Å². The van der Waals surface area contributed by atoms with Gasteiger partial charge in [0.2, 0.25) is 11.7 Å². The van der Waals surface area contributed by atoms with Crippen molar-refractivity contribution >= 4 is 17.6 Å². The number of carboxylic acid groups (broad SMARTS) is 1. The number of aryl methyl sites for hydroxylation is 1. The third kappa shape index (κ3) is 2.76. The van der Waals surface area contributed by atoms with Gasteiger partial charge in [0.15, 0.2) is 0 Å². The lowest BCUT2D eigenvalue weighted by Gasteiger charge is -1.98. The summed E-state index contributed by atoms with van der Waals surface area (Å²) in [5.74, 6) is -2.11. The van der Waals surface area contributed by atoms with E-state index in [1.54, 1.807) is 0 Å². The molecule has 19 heavy (non-hydrogen) atoms. The molecule has 0 bridgehead atoms. The minimum Gasteiger partial charge on any atom is -0.475 e. The van der Waals surface area contributed by atoms with Crippen LogP contribution in [0.15, 0.2) is 22.6 Å². The van der Waals surface area contributed by atoms with E-state index in [0.717, 1.165) is 12.5 Å². The van der Waals surface area contributed by atoms with Gasteiger partial charge in [-0.1, -0.05) is 24.9 Å². The fraction of sp³-hybridized carbons (Fsp3) is 0.231. The van der Waals surface area contributed by atoms with Gasteiger partial charge in [0.25, 0.3) is 0 Å². The number of nitrogens with zero attached hydrogens (tertiary/aromatic N) is 1. The molecule has 0 radical (unpaired) electrons. The fourth-order valence-corrected chi connectivity index (χ4v) is 1.86. The highest BCUT2D eigenvalue weighted by Crippen LogP contribution is 2.27. The summed E-state index contributed by atoms with van der Waals surface area (Å²) in [6.07, 6.45) is 1.18. The lowest BCUT2D eigenvalue weighted by molar-refractivity contribution is 0.0661. The molecule has 1 aromatic carbocycles. The van der Waals surface area contributed by atoms with Crippen LogP contribution >= 0.6 is 11.6 Å². The van der Waals surface area contributed by atoms with Crippen LogP contribution in [0, 0.1) is 5.82 Å². The van der Waals surface area contributed by atoms with Gasteiger partial charge in [-0.05, 0) is 24.6 Å². The van der Waals surface area contributed by atoms with Crippen molar-refractivity contribution in [3.63, 3.8) is 0 Å². The summed E-state index contributed by atoms with van der Waals surface area (Å²) in [5.41, 5.74) is 0.411. The summed E-state index contributed by atoms with van der Waals surface area (Å²) < 4.78 is 18.9. The zero-order valence-electron chi connectivity index (χ0n) is 10.1. The summed E-state index contributed by atoms with van der Waals surface area (Å²) in [6.45, 7) is 1.89. The number of hydrogen-bond acceptors (Lipinski definition) is 3. The van der Waals surface area contributed by atoms with Crippen LogP contribution in [0.2, 0.25) is 5.02 Å². The number of benzene rings is 1. The van der Waals surface area contributed by atoms with Crippen molar-refractivity contribution < 1.29 is 18.7 Å². The predicted molar refractivity (Wildman–Crippen MR) is 67.9 cm³/mol. The van der Waals surface area contributed by atoms with Crippen LogP contribution < -0.4 is 0 Å². The van der Waals surface area contributed by atoms with Crippen molar-refractivity contribution in [2.45, 2.75) is 19.8 Å². The maximum Gasteiger partial charge on any atom is 0.373 e. The summed E-state index contributed by atoms with van der Waals surface area (Å²) in [6, 6.07) is 4.02. The molecule has 100 valence electrons. The number of halogens is 2. The largest absolute Gasteiger partial charge is 0.475 e. The average Bonchev–Trinajstić information content (AvgIpc) is 2.73. The fourth-order valence-electron chi connectivity index (χ4n) is 1.70. The number of aromatic carboxylic acids is 1. The van der Waals surface area contributed by atoms with Crippen LogP contribution in [0.5, 0.6) is 0 Å². The Labute approximate surface area is 113 Å². The van der Waals surface area contributed by atoms with Crippen LogP contribution in [0.1, 0.15) is 29.6 Å². The molecule has 1 heterocycles. The predicted octanol–water partition coefficient (Wildman–Crippen LogP) is 3.78. The smallest absolute Gasteiger partial charge is 0.373 e. The first-order valence-electron chi connectivity index (χ1n) is 5.71. The normalized spacial score (nSPS) is 10.7. The Morgan fingerprint density at radius 3 is 2.84 bits per heavy atom. The number of oxazole rings is 1. The maximum absolute atomic E-state index is 13.7. The molecule has 0 saturated carbocycles. The number of carbonyl (C=O) groups is 1. The van der Waals surface area contributed by atoms with E-state index in [1.165, 1.54) is 12.1 Å². The van der Waals surface area contributed by atoms with Gasteiger partial charge in [0.05, 0.1) is 11.3 Å². The van der Waals surface area contributed by atoms with Crippen LogP contribution in [0.3, 0.4) is 0 Å². The van der Waals surface area contributed by atoms with Crippen molar-refractivity contribution in [2.75, 3.05) is 0 Å². The minimum absolute atomic E-state index is 0.0463. The summed E-state index contributed by atoms with van der Waals surface area (Å²) in [5, 5.41) is 9.27. The Hall–Kier alpha value is -1.88. The van der Waals surface area contributed by atoms with E-state index in [1.807, 2.05) is 6.92 Å². The van der Waals surface area contributed by atoms with Crippen LogP contribution in [0.4, 0.5) is 4.39 Å². The van der Waals surface area contributed by atoms with Crippen LogP contribution in [-0.4, -0.2) is 16.1 Å². The zero-order valence-corrected chi connectivity index (χ0v) is 10.9. The molecule has 6 heteroatoms. The van der Waals surface area contributed by atoms with Crippen LogP contribution in [-0.2, 0) is 6.42 Å². The first-order valence-corrected chi connectivity index (χ1v) is 6.09. The SMILES string of the molecule is CCCc1nc(-c2ccc(Cl)cc2F)oc1C(=O)O. The van der Waals surface area contributed by atoms with E-state index >= 15 is 0 Å². The standard InChI is InChI=1S/C13H11ClFNO3/c1-2-3-10-11(13(17)18)19-12(16-10)8-5-4-7(14)6-9(8)15/h4-6H,2-3H2,1H3,(H,17,18). The molecule has 1 N–H and O–H groups in total. The molecule has 0 aliphatic carbocycles. The third-order valence-electron chi connectivity index (χ3n) is 2.54. The second-order valence-electron chi connectivity index (χ2n) is 3.97. The van der Waals surface area contributed by atoms with Gasteiger partial charge in [0, 0.05) is 5.02 Å². The first kappa shape index (κ1) is 13.5. The molecule has 0 aliphatic rings. The van der Waals surface area contributed by atoms with Crippen molar-refractivity contribution in [3.8, 4) is 11.5 Å². The second-order valence-corrected chi connectivity index (χ2v) is 4.41. The molecule has 1 aromatic heterocycles. The van der Waals surface area contributed by atoms with Gasteiger partial charge in [-0.2, -0.15) is 0 Å². The Kier molecular flexibility index (Phi) is 3.85. The molecule has 0 atom stereocenters. The lowest BCUT2D eigenvalue weighted by Crippen LogP contribution is -1.99. The third-order valence-corrected chi connectivity index (χ3v) is 2.78. The first-order chi connectivity index (χ1) is 9.02.